The van der Waals surface area contributed by atoms with Crippen LogP contribution in [-0.2, 0) is 36.2 Å². The zero-order chi connectivity index (χ0) is 33.0. The lowest BCUT2D eigenvalue weighted by Gasteiger charge is -2.30. The molecule has 0 radical (unpaired) electrons. The van der Waals surface area contributed by atoms with Crippen LogP contribution >= 0.6 is 7.82 Å². The molecule has 3 N–H and O–H groups in total. The van der Waals surface area contributed by atoms with Gasteiger partial charge in [-0.1, -0.05) is 81.8 Å². The first-order valence-corrected chi connectivity index (χ1v) is 16.7. The summed E-state index contributed by atoms with van der Waals surface area (Å²) in [4.78, 5) is 37.9. The van der Waals surface area contributed by atoms with E-state index in [1.165, 1.54) is 6.92 Å². The third kappa shape index (κ3) is 13.1. The summed E-state index contributed by atoms with van der Waals surface area (Å²) in [6, 6.07) is 21.8. The number of benzene rings is 3. The van der Waals surface area contributed by atoms with E-state index in [4.69, 9.17) is 13.8 Å². The zero-order valence-corrected chi connectivity index (χ0v) is 27.9. The number of urea groups is 1. The van der Waals surface area contributed by atoms with E-state index in [1.54, 1.807) is 24.3 Å². The van der Waals surface area contributed by atoms with Crippen molar-refractivity contribution in [2.45, 2.75) is 67.3 Å². The number of esters is 1. The maximum Gasteiger partial charge on any atom is 0.475 e. The van der Waals surface area contributed by atoms with Crippen LogP contribution in [-0.4, -0.2) is 36.3 Å². The van der Waals surface area contributed by atoms with Gasteiger partial charge in [-0.3, -0.25) is 9.32 Å². The molecular weight excluding hydrogens is 593 g/mol. The van der Waals surface area contributed by atoms with Gasteiger partial charge in [0, 0.05) is 25.2 Å². The quantitative estimate of drug-likeness (QED) is 0.0820. The monoisotopic (exact) mass is 639 g/mol. The van der Waals surface area contributed by atoms with Gasteiger partial charge in [-0.05, 0) is 67.5 Å². The number of phosphoric acid groups is 1. The second-order valence-electron chi connectivity index (χ2n) is 11.9. The molecular formula is C34H46N3O7P. The number of carbonyl (C=O) groups excluding carboxylic acids is 2. The molecule has 0 aliphatic carbocycles. The van der Waals surface area contributed by atoms with Gasteiger partial charge in [0.05, 0.1) is 18.0 Å². The standard InChI is InChI=1S/C34H46N3O7P/c1-24(2)21-37(22-25(3)4)32-18-14-28(20-31(32)36-34(39)35-30-16-12-26(5)13-17-30)15-19-33(38)43-27(6)44-45(40,41)42-23-29-10-8-7-9-11-29/h7-14,16-18,20,24-25,27H,15,19,21-23H2,1-6H3,(H,40,41)(H2,35,36,39). The maximum atomic E-state index is 13.0. The summed E-state index contributed by atoms with van der Waals surface area (Å²) < 4.78 is 27.5. The molecule has 0 saturated heterocycles. The lowest BCUT2D eigenvalue weighted by molar-refractivity contribution is -0.163. The average Bonchev–Trinajstić information content (AvgIpc) is 2.96. The molecule has 0 aliphatic rings. The van der Waals surface area contributed by atoms with Crippen LogP contribution in [0.4, 0.5) is 21.9 Å². The van der Waals surface area contributed by atoms with Gasteiger partial charge in [-0.2, -0.15) is 0 Å². The average molecular weight is 640 g/mol. The minimum Gasteiger partial charge on any atom is -0.435 e. The highest BCUT2D eigenvalue weighted by molar-refractivity contribution is 7.47. The van der Waals surface area contributed by atoms with Gasteiger partial charge in [-0.15, -0.1) is 0 Å². The van der Waals surface area contributed by atoms with E-state index >= 15 is 0 Å². The van der Waals surface area contributed by atoms with Crippen molar-refractivity contribution < 1.29 is 32.8 Å². The Kier molecular flexibility index (Phi) is 13.6. The van der Waals surface area contributed by atoms with Crippen LogP contribution < -0.4 is 15.5 Å². The second-order valence-corrected chi connectivity index (χ2v) is 13.3. The molecule has 2 unspecified atom stereocenters. The van der Waals surface area contributed by atoms with Gasteiger partial charge >= 0.3 is 19.8 Å². The Morgan fingerprint density at radius 1 is 0.867 bits per heavy atom. The van der Waals surface area contributed by atoms with Gasteiger partial charge < -0.3 is 25.2 Å². The van der Waals surface area contributed by atoms with Gasteiger partial charge in [0.25, 0.3) is 0 Å². The van der Waals surface area contributed by atoms with Crippen molar-refractivity contribution in [2.75, 3.05) is 28.6 Å². The molecule has 0 fully saturated rings. The molecule has 3 aromatic carbocycles. The fourth-order valence-corrected chi connectivity index (χ4v) is 5.44. The Hall–Kier alpha value is -3.69. The van der Waals surface area contributed by atoms with Crippen LogP contribution in [0.25, 0.3) is 0 Å². The number of anilines is 3. The summed E-state index contributed by atoms with van der Waals surface area (Å²) in [5.74, 6) is 0.187. The van der Waals surface area contributed by atoms with Crippen molar-refractivity contribution in [1.82, 2.24) is 0 Å². The smallest absolute Gasteiger partial charge is 0.435 e. The van der Waals surface area contributed by atoms with Crippen molar-refractivity contribution in [2.24, 2.45) is 11.8 Å². The summed E-state index contributed by atoms with van der Waals surface area (Å²) in [7, 11) is -4.46. The van der Waals surface area contributed by atoms with Crippen LogP contribution in [0.3, 0.4) is 0 Å². The summed E-state index contributed by atoms with van der Waals surface area (Å²) in [6.45, 7) is 13.4. The largest absolute Gasteiger partial charge is 0.475 e. The highest BCUT2D eigenvalue weighted by Gasteiger charge is 2.26. The SMILES string of the molecule is Cc1ccc(NC(=O)Nc2cc(CCC(=O)OC(C)OP(=O)(O)OCc3ccccc3)ccc2N(CC(C)C)CC(C)C)cc1. The maximum absolute atomic E-state index is 13.0. The van der Waals surface area contributed by atoms with Crippen LogP contribution in [0.1, 0.15) is 57.7 Å². The molecule has 45 heavy (non-hydrogen) atoms. The second kappa shape index (κ2) is 17.1. The molecule has 10 nitrogen and oxygen atoms in total. The molecule has 0 bridgehead atoms. The number of hydrogen-bond donors (Lipinski definition) is 3. The van der Waals surface area contributed by atoms with E-state index < -0.39 is 20.1 Å². The molecule has 11 heteroatoms. The molecule has 244 valence electrons. The molecule has 3 rings (SSSR count). The summed E-state index contributed by atoms with van der Waals surface area (Å²) in [5.41, 5.74) is 4.79. The Morgan fingerprint density at radius 2 is 1.51 bits per heavy atom. The molecule has 0 aliphatic heterocycles. The number of rotatable bonds is 16. The summed E-state index contributed by atoms with van der Waals surface area (Å²) in [6.07, 6.45) is -0.991. The van der Waals surface area contributed by atoms with Gasteiger partial charge in [0.1, 0.15) is 0 Å². The van der Waals surface area contributed by atoms with Crippen molar-refractivity contribution in [3.63, 3.8) is 0 Å². The highest BCUT2D eigenvalue weighted by Crippen LogP contribution is 2.45. The third-order valence-electron chi connectivity index (χ3n) is 6.56. The number of nitrogens with zero attached hydrogens (tertiary/aromatic N) is 1. The van der Waals surface area contributed by atoms with E-state index in [0.717, 1.165) is 29.9 Å². The number of hydrogen-bond acceptors (Lipinski definition) is 7. The van der Waals surface area contributed by atoms with E-state index in [9.17, 15) is 19.0 Å². The topological polar surface area (TPSA) is 126 Å². The number of ether oxygens (including phenoxy) is 1. The Balaban J connectivity index is 1.66. The van der Waals surface area contributed by atoms with Gasteiger partial charge in [0.2, 0.25) is 6.29 Å². The fourth-order valence-electron chi connectivity index (χ4n) is 4.65. The van der Waals surface area contributed by atoms with Gasteiger partial charge in [0.15, 0.2) is 0 Å². The lowest BCUT2D eigenvalue weighted by atomic mass is 10.1. The van der Waals surface area contributed by atoms with Crippen molar-refractivity contribution in [3.8, 4) is 0 Å². The van der Waals surface area contributed by atoms with Crippen molar-refractivity contribution in [1.29, 1.82) is 0 Å². The molecule has 2 atom stereocenters. The Bertz CT molecular complexity index is 1420. The number of phosphoric ester groups is 1. The number of amides is 2. The summed E-state index contributed by atoms with van der Waals surface area (Å²) in [5, 5.41) is 5.89. The first kappa shape index (κ1) is 35.8. The lowest BCUT2D eigenvalue weighted by Crippen LogP contribution is -2.32. The van der Waals surface area contributed by atoms with E-state index in [0.29, 0.717) is 35.2 Å². The number of nitrogens with one attached hydrogen (secondary N) is 2. The predicted octanol–water partition coefficient (Wildman–Crippen LogP) is 7.91. The van der Waals surface area contributed by atoms with Gasteiger partial charge in [-0.25, -0.2) is 13.9 Å². The molecule has 2 amide bonds. The van der Waals surface area contributed by atoms with E-state index in [1.807, 2.05) is 55.5 Å². The third-order valence-corrected chi connectivity index (χ3v) is 7.58. The molecule has 0 spiro atoms. The van der Waals surface area contributed by atoms with E-state index in [-0.39, 0.29) is 19.1 Å². The van der Waals surface area contributed by atoms with Crippen LogP contribution in [0, 0.1) is 18.8 Å². The first-order chi connectivity index (χ1) is 21.3. The zero-order valence-electron chi connectivity index (χ0n) is 27.0. The number of aryl methyl sites for hydroxylation is 2. The normalized spacial score (nSPS) is 13.3. The summed E-state index contributed by atoms with van der Waals surface area (Å²) >= 11 is 0. The number of carbonyl (C=O) groups is 2. The molecule has 0 aromatic heterocycles. The fraction of sp³-hybridized carbons (Fsp3) is 0.412. The minimum absolute atomic E-state index is 0.00957. The Morgan fingerprint density at radius 3 is 2.13 bits per heavy atom. The van der Waals surface area contributed by atoms with E-state index in [2.05, 4.69) is 43.2 Å². The van der Waals surface area contributed by atoms with Crippen LogP contribution in [0.15, 0.2) is 72.8 Å². The Labute approximate surface area is 266 Å². The molecule has 3 aromatic rings. The predicted molar refractivity (Wildman–Crippen MR) is 178 cm³/mol. The molecule has 0 heterocycles. The highest BCUT2D eigenvalue weighted by atomic mass is 31.2. The van der Waals surface area contributed by atoms with Crippen molar-refractivity contribution >= 4 is 36.9 Å². The minimum atomic E-state index is -4.46. The molecule has 0 saturated carbocycles. The van der Waals surface area contributed by atoms with Crippen LogP contribution in [0.5, 0.6) is 0 Å². The van der Waals surface area contributed by atoms with Crippen molar-refractivity contribution in [3.05, 3.63) is 89.5 Å². The first-order valence-electron chi connectivity index (χ1n) is 15.2. The van der Waals surface area contributed by atoms with Crippen LogP contribution in [0.2, 0.25) is 0 Å².